The Morgan fingerprint density at radius 3 is 2.31 bits per heavy atom. The van der Waals surface area contributed by atoms with Crippen LogP contribution in [0.25, 0.3) is 0 Å². The topological polar surface area (TPSA) is 75.2 Å². The maximum atomic E-state index is 13.0. The maximum absolute atomic E-state index is 13.0. The number of anilines is 2. The highest BCUT2D eigenvalue weighted by atomic mass is 19.4. The van der Waals surface area contributed by atoms with Crippen LogP contribution < -0.4 is 5.32 Å². The van der Waals surface area contributed by atoms with E-state index in [1.165, 1.54) is 31.2 Å². The molecule has 0 radical (unpaired) electrons. The normalized spacial score (nSPS) is 10.8. The second kappa shape index (κ2) is 9.04. The molecule has 0 atom stereocenters. The summed E-state index contributed by atoms with van der Waals surface area (Å²) in [5.74, 6) is -1.19. The maximum Gasteiger partial charge on any atom is 0.421 e. The minimum Gasteiger partial charge on any atom is -0.339 e. The van der Waals surface area contributed by atoms with Crippen LogP contribution in [0.15, 0.2) is 30.5 Å². The van der Waals surface area contributed by atoms with Crippen LogP contribution in [0.2, 0.25) is 0 Å². The molecule has 0 saturated heterocycles. The van der Waals surface area contributed by atoms with E-state index in [0.717, 1.165) is 0 Å². The number of carbonyl (C=O) groups excluding carboxylic acids is 2. The Hall–Kier alpha value is -2.81. The number of Topliss-reactive ketones (excluding diaryl/α,β-unsaturated/α-hetero) is 1. The Labute approximate surface area is 149 Å². The van der Waals surface area contributed by atoms with Gasteiger partial charge in [0, 0.05) is 11.8 Å². The van der Waals surface area contributed by atoms with E-state index in [1.807, 2.05) is 26.0 Å². The highest BCUT2D eigenvalue weighted by Crippen LogP contribution is 2.35. The molecule has 2 rings (SSSR count). The van der Waals surface area contributed by atoms with E-state index >= 15 is 0 Å². The van der Waals surface area contributed by atoms with Crippen LogP contribution in [0, 0.1) is 6.92 Å². The molecule has 0 unspecified atom stereocenters. The van der Waals surface area contributed by atoms with Gasteiger partial charge in [-0.25, -0.2) is 9.97 Å². The molecule has 26 heavy (non-hydrogen) atoms. The van der Waals surface area contributed by atoms with Gasteiger partial charge < -0.3 is 10.2 Å². The van der Waals surface area contributed by atoms with E-state index < -0.39 is 23.3 Å². The van der Waals surface area contributed by atoms with E-state index in [1.54, 1.807) is 0 Å². The van der Waals surface area contributed by atoms with Gasteiger partial charge in [-0.3, -0.25) is 9.59 Å². The fraction of sp³-hybridized carbons (Fsp3) is 0.294. The number of alkyl halides is 3. The molecule has 0 amide bonds. The Kier molecular flexibility index (Phi) is 7.39. The number of nitrogens with one attached hydrogen (secondary N) is 1. The Balaban J connectivity index is 0.000000765. The number of rotatable bonds is 4. The van der Waals surface area contributed by atoms with E-state index in [2.05, 4.69) is 15.3 Å². The van der Waals surface area contributed by atoms with Crippen LogP contribution in [0.5, 0.6) is 0 Å². The van der Waals surface area contributed by atoms with Crippen molar-refractivity contribution >= 4 is 23.6 Å². The molecule has 0 aliphatic rings. The van der Waals surface area contributed by atoms with Crippen LogP contribution in [-0.4, -0.2) is 48.1 Å². The van der Waals surface area contributed by atoms with Gasteiger partial charge in [-0.2, -0.15) is 13.2 Å². The van der Waals surface area contributed by atoms with Crippen LogP contribution in [0.3, 0.4) is 0 Å². The molecule has 2 aromatic rings. The fourth-order valence-electron chi connectivity index (χ4n) is 1.77. The average molecular weight is 368 g/mol. The molecule has 1 N–H and O–H groups in total. The summed E-state index contributed by atoms with van der Waals surface area (Å²) in [4.78, 5) is 31.4. The number of ketones is 1. The molecule has 0 saturated carbocycles. The highest BCUT2D eigenvalue weighted by Gasteiger charge is 2.35. The molecule has 1 aromatic carbocycles. The lowest BCUT2D eigenvalue weighted by molar-refractivity contribution is -0.137. The number of aldehydes is 1. The lowest BCUT2D eigenvalue weighted by Gasteiger charge is -2.15. The van der Waals surface area contributed by atoms with Gasteiger partial charge in [-0.1, -0.05) is 12.1 Å². The van der Waals surface area contributed by atoms with Crippen molar-refractivity contribution in [3.63, 3.8) is 0 Å². The smallest absolute Gasteiger partial charge is 0.339 e. The van der Waals surface area contributed by atoms with E-state index in [9.17, 15) is 22.8 Å². The van der Waals surface area contributed by atoms with Crippen molar-refractivity contribution in [1.29, 1.82) is 0 Å². The zero-order valence-electron chi connectivity index (χ0n) is 14.8. The van der Waals surface area contributed by atoms with Gasteiger partial charge in [-0.15, -0.1) is 0 Å². The molecule has 0 aliphatic heterocycles. The second-order valence-corrected chi connectivity index (χ2v) is 5.67. The van der Waals surface area contributed by atoms with Crippen molar-refractivity contribution in [1.82, 2.24) is 14.9 Å². The van der Waals surface area contributed by atoms with Crippen molar-refractivity contribution in [3.8, 4) is 0 Å². The highest BCUT2D eigenvalue weighted by molar-refractivity contribution is 6.34. The van der Waals surface area contributed by atoms with Crippen LogP contribution >= 0.6 is 0 Å². The number of hydrogen-bond donors (Lipinski definition) is 1. The Morgan fingerprint density at radius 2 is 1.77 bits per heavy atom. The minimum atomic E-state index is -4.65. The summed E-state index contributed by atoms with van der Waals surface area (Å²) in [6.45, 7) is 1.44. The van der Waals surface area contributed by atoms with Gasteiger partial charge in [0.15, 0.2) is 6.29 Å². The third-order valence-corrected chi connectivity index (χ3v) is 2.77. The first-order valence-electron chi connectivity index (χ1n) is 7.43. The second-order valence-electron chi connectivity index (χ2n) is 5.67. The first-order valence-corrected chi connectivity index (χ1v) is 7.43. The quantitative estimate of drug-likeness (QED) is 0.508. The molecule has 1 aromatic heterocycles. The van der Waals surface area contributed by atoms with Crippen molar-refractivity contribution in [2.75, 3.05) is 26.5 Å². The van der Waals surface area contributed by atoms with Crippen molar-refractivity contribution in [2.45, 2.75) is 13.1 Å². The SMILES string of the molecule is CN(C)C.Cc1ncc(C(F)(F)F)c(Nc2ccccc2C(=O)C=O)n1. The zero-order valence-corrected chi connectivity index (χ0v) is 14.8. The zero-order chi connectivity index (χ0) is 19.9. The van der Waals surface area contributed by atoms with Crippen LogP contribution in [0.4, 0.5) is 24.7 Å². The van der Waals surface area contributed by atoms with Gasteiger partial charge in [-0.05, 0) is 40.2 Å². The average Bonchev–Trinajstić information content (AvgIpc) is 2.53. The fourth-order valence-corrected chi connectivity index (χ4v) is 1.77. The lowest BCUT2D eigenvalue weighted by Crippen LogP contribution is -2.13. The standard InChI is InChI=1S/C14H10F3N3O2.C3H9N/c1-8-18-6-10(14(15,16)17)13(19-8)20-11-5-3-2-4-9(11)12(22)7-21;1-4(2)3/h2-7H,1H3,(H,18,19,20);1-3H3. The van der Waals surface area contributed by atoms with E-state index in [4.69, 9.17) is 0 Å². The molecule has 0 spiro atoms. The molecular weight excluding hydrogens is 349 g/mol. The molecule has 140 valence electrons. The Morgan fingerprint density at radius 1 is 1.19 bits per heavy atom. The van der Waals surface area contributed by atoms with Gasteiger partial charge in [0.05, 0.1) is 5.69 Å². The van der Waals surface area contributed by atoms with Crippen molar-refractivity contribution < 1.29 is 22.8 Å². The summed E-state index contributed by atoms with van der Waals surface area (Å²) in [6.07, 6.45) is -3.90. The molecular formula is C17H19F3N4O2. The number of hydrogen-bond acceptors (Lipinski definition) is 6. The molecule has 1 heterocycles. The van der Waals surface area contributed by atoms with Gasteiger partial charge in [0.25, 0.3) is 0 Å². The van der Waals surface area contributed by atoms with Crippen molar-refractivity contribution in [3.05, 3.63) is 47.4 Å². The molecule has 9 heteroatoms. The van der Waals surface area contributed by atoms with Crippen LogP contribution in [-0.2, 0) is 11.0 Å². The predicted molar refractivity (Wildman–Crippen MR) is 91.5 cm³/mol. The van der Waals surface area contributed by atoms with Gasteiger partial charge >= 0.3 is 6.18 Å². The third kappa shape index (κ3) is 6.25. The summed E-state index contributed by atoms with van der Waals surface area (Å²) < 4.78 is 38.9. The number of halogens is 3. The summed E-state index contributed by atoms with van der Waals surface area (Å²) in [7, 11) is 6.00. The summed E-state index contributed by atoms with van der Waals surface area (Å²) in [5, 5.41) is 2.45. The van der Waals surface area contributed by atoms with Gasteiger partial charge in [0.2, 0.25) is 5.78 Å². The first-order chi connectivity index (χ1) is 12.1. The minimum absolute atomic E-state index is 0.0399. The molecule has 6 nitrogen and oxygen atoms in total. The number of benzene rings is 1. The summed E-state index contributed by atoms with van der Waals surface area (Å²) >= 11 is 0. The number of aromatic nitrogens is 2. The lowest BCUT2D eigenvalue weighted by atomic mass is 10.1. The largest absolute Gasteiger partial charge is 0.421 e. The van der Waals surface area contributed by atoms with Crippen molar-refractivity contribution in [2.24, 2.45) is 0 Å². The molecule has 0 fully saturated rings. The van der Waals surface area contributed by atoms with Crippen LogP contribution in [0.1, 0.15) is 21.7 Å². The Bertz CT molecular complexity index is 774. The predicted octanol–water partition coefficient (Wildman–Crippen LogP) is 3.11. The summed E-state index contributed by atoms with van der Waals surface area (Å²) in [6, 6.07) is 5.73. The number of nitrogens with zero attached hydrogens (tertiary/aromatic N) is 3. The van der Waals surface area contributed by atoms with E-state index in [-0.39, 0.29) is 23.4 Å². The third-order valence-electron chi connectivity index (χ3n) is 2.77. The molecule has 0 bridgehead atoms. The van der Waals surface area contributed by atoms with E-state index in [0.29, 0.717) is 6.20 Å². The molecule has 0 aliphatic carbocycles. The summed E-state index contributed by atoms with van der Waals surface area (Å²) in [5.41, 5.74) is -1.04. The monoisotopic (exact) mass is 368 g/mol. The number of carbonyl (C=O) groups is 2. The number of aryl methyl sites for hydroxylation is 1. The number of para-hydroxylation sites is 1. The first kappa shape index (κ1) is 21.2. The van der Waals surface area contributed by atoms with Gasteiger partial charge in [0.1, 0.15) is 17.2 Å².